The normalized spacial score (nSPS) is 11.0. The Labute approximate surface area is 139 Å². The van der Waals surface area contributed by atoms with E-state index in [4.69, 9.17) is 11.5 Å². The minimum absolute atomic E-state index is 0.112. The molecule has 0 atom stereocenters. The number of guanidine groups is 1. The summed E-state index contributed by atoms with van der Waals surface area (Å²) in [6.07, 6.45) is 0.174. The monoisotopic (exact) mass is 327 g/mol. The van der Waals surface area contributed by atoms with E-state index in [9.17, 15) is 9.18 Å². The van der Waals surface area contributed by atoms with Gasteiger partial charge in [-0.1, -0.05) is 24.3 Å². The van der Waals surface area contributed by atoms with Crippen LogP contribution < -0.4 is 16.8 Å². The molecule has 6 nitrogen and oxygen atoms in total. The van der Waals surface area contributed by atoms with Crippen LogP contribution in [0.15, 0.2) is 58.7 Å². The number of anilines is 1. The molecule has 2 rings (SSSR count). The van der Waals surface area contributed by atoms with Gasteiger partial charge in [-0.15, -0.1) is 5.10 Å². The van der Waals surface area contributed by atoms with Crippen LogP contribution in [0, 0.1) is 5.82 Å². The molecule has 0 aliphatic heterocycles. The number of rotatable bonds is 5. The summed E-state index contributed by atoms with van der Waals surface area (Å²) in [5.41, 5.74) is 13.3. The first-order valence-corrected chi connectivity index (χ1v) is 7.22. The summed E-state index contributed by atoms with van der Waals surface area (Å²) in [4.78, 5) is 12.0. The molecule has 5 N–H and O–H groups in total. The number of nitrogens with two attached hydrogens (primary N) is 2. The van der Waals surface area contributed by atoms with Crippen LogP contribution in [0.4, 0.5) is 10.1 Å². The average Bonchev–Trinajstić information content (AvgIpc) is 2.55. The van der Waals surface area contributed by atoms with Crippen LogP contribution in [0.3, 0.4) is 0 Å². The molecule has 0 fully saturated rings. The molecule has 0 heterocycles. The molecule has 1 amide bonds. The number of nitrogens with one attached hydrogen (secondary N) is 1. The minimum atomic E-state index is -0.326. The topological polar surface area (TPSA) is 106 Å². The van der Waals surface area contributed by atoms with E-state index in [-0.39, 0.29) is 24.1 Å². The van der Waals surface area contributed by atoms with Gasteiger partial charge in [0.1, 0.15) is 5.82 Å². The van der Waals surface area contributed by atoms with Crippen LogP contribution in [0.5, 0.6) is 0 Å². The van der Waals surface area contributed by atoms with E-state index in [1.54, 1.807) is 43.3 Å². The van der Waals surface area contributed by atoms with E-state index >= 15 is 0 Å². The fourth-order valence-electron chi connectivity index (χ4n) is 1.98. The molecule has 0 aliphatic carbocycles. The van der Waals surface area contributed by atoms with E-state index in [0.29, 0.717) is 11.4 Å². The Morgan fingerprint density at radius 3 is 2.25 bits per heavy atom. The first-order valence-electron chi connectivity index (χ1n) is 7.22. The summed E-state index contributed by atoms with van der Waals surface area (Å²) in [6, 6.07) is 12.9. The predicted octanol–water partition coefficient (Wildman–Crippen LogP) is 2.00. The van der Waals surface area contributed by atoms with Crippen molar-refractivity contribution in [1.82, 2.24) is 0 Å². The second-order valence-corrected chi connectivity index (χ2v) is 5.14. The van der Waals surface area contributed by atoms with Crippen LogP contribution >= 0.6 is 0 Å². The molecule has 0 aliphatic rings. The molecule has 2 aromatic carbocycles. The standard InChI is InChI=1S/C17H18FN5O/c1-11(22-23-17(19)20)13-4-8-15(9-5-13)21-16(24)10-12-2-6-14(18)7-3-12/h2-9H,10H2,1H3,(H,21,24)(H4,19,20,23)/b22-11+. The molecule has 7 heteroatoms. The van der Waals surface area contributed by atoms with Crippen molar-refractivity contribution >= 4 is 23.3 Å². The van der Waals surface area contributed by atoms with Crippen molar-refractivity contribution < 1.29 is 9.18 Å². The van der Waals surface area contributed by atoms with Gasteiger partial charge in [0.05, 0.1) is 12.1 Å². The van der Waals surface area contributed by atoms with Crippen molar-refractivity contribution in [3.05, 3.63) is 65.5 Å². The summed E-state index contributed by atoms with van der Waals surface area (Å²) >= 11 is 0. The van der Waals surface area contributed by atoms with Crippen molar-refractivity contribution in [3.8, 4) is 0 Å². The summed E-state index contributed by atoms with van der Waals surface area (Å²) in [7, 11) is 0. The van der Waals surface area contributed by atoms with Crippen molar-refractivity contribution in [2.45, 2.75) is 13.3 Å². The van der Waals surface area contributed by atoms with Crippen LogP contribution in [0.2, 0.25) is 0 Å². The lowest BCUT2D eigenvalue weighted by Crippen LogP contribution is -2.22. The fourth-order valence-corrected chi connectivity index (χ4v) is 1.98. The summed E-state index contributed by atoms with van der Waals surface area (Å²) in [5, 5.41) is 10.3. The van der Waals surface area contributed by atoms with Gasteiger partial charge in [-0.05, 0) is 42.3 Å². The maximum absolute atomic E-state index is 12.8. The Morgan fingerprint density at radius 1 is 1.04 bits per heavy atom. The van der Waals surface area contributed by atoms with E-state index in [1.165, 1.54) is 12.1 Å². The van der Waals surface area contributed by atoms with Gasteiger partial charge in [0.2, 0.25) is 11.9 Å². The molecule has 0 radical (unpaired) electrons. The maximum atomic E-state index is 12.8. The van der Waals surface area contributed by atoms with Crippen molar-refractivity contribution in [3.63, 3.8) is 0 Å². The van der Waals surface area contributed by atoms with Crippen LogP contribution in [0.1, 0.15) is 18.1 Å². The smallest absolute Gasteiger partial charge is 0.228 e. The molecule has 0 saturated carbocycles. The lowest BCUT2D eigenvalue weighted by atomic mass is 10.1. The molecule has 0 aromatic heterocycles. The third-order valence-corrected chi connectivity index (χ3v) is 3.18. The lowest BCUT2D eigenvalue weighted by Gasteiger charge is -2.06. The average molecular weight is 327 g/mol. The van der Waals surface area contributed by atoms with E-state index < -0.39 is 0 Å². The van der Waals surface area contributed by atoms with Crippen molar-refractivity contribution in [2.75, 3.05) is 5.32 Å². The Kier molecular flexibility index (Phi) is 5.62. The van der Waals surface area contributed by atoms with Gasteiger partial charge < -0.3 is 16.8 Å². The number of hydrogen-bond acceptors (Lipinski definition) is 3. The molecule has 124 valence electrons. The summed E-state index contributed by atoms with van der Waals surface area (Å²) in [5.74, 6) is -0.619. The molecule has 0 saturated heterocycles. The van der Waals surface area contributed by atoms with Gasteiger partial charge in [0.25, 0.3) is 0 Å². The van der Waals surface area contributed by atoms with Crippen molar-refractivity contribution in [1.29, 1.82) is 0 Å². The maximum Gasteiger partial charge on any atom is 0.228 e. The minimum Gasteiger partial charge on any atom is -0.369 e. The first kappa shape index (κ1) is 17.1. The van der Waals surface area contributed by atoms with Gasteiger partial charge in [-0.2, -0.15) is 5.10 Å². The van der Waals surface area contributed by atoms with E-state index in [0.717, 1.165) is 11.1 Å². The number of nitrogens with zero attached hydrogens (tertiary/aromatic N) is 2. The zero-order chi connectivity index (χ0) is 17.5. The van der Waals surface area contributed by atoms with Crippen molar-refractivity contribution in [2.24, 2.45) is 21.7 Å². The predicted molar refractivity (Wildman–Crippen MR) is 93.2 cm³/mol. The second-order valence-electron chi connectivity index (χ2n) is 5.14. The molecular weight excluding hydrogens is 309 g/mol. The fraction of sp³-hybridized carbons (Fsp3) is 0.118. The zero-order valence-electron chi connectivity index (χ0n) is 13.2. The van der Waals surface area contributed by atoms with Gasteiger partial charge in [0, 0.05) is 5.69 Å². The van der Waals surface area contributed by atoms with Crippen LogP contribution in [-0.2, 0) is 11.2 Å². The SMILES string of the molecule is C/C(=N\N=C(N)N)c1ccc(NC(=O)Cc2ccc(F)cc2)cc1. The van der Waals surface area contributed by atoms with Gasteiger partial charge in [0.15, 0.2) is 0 Å². The highest BCUT2D eigenvalue weighted by Crippen LogP contribution is 2.12. The first-order chi connectivity index (χ1) is 11.4. The Bertz CT molecular complexity index is 763. The highest BCUT2D eigenvalue weighted by molar-refractivity contribution is 5.99. The highest BCUT2D eigenvalue weighted by atomic mass is 19.1. The molecule has 0 bridgehead atoms. The van der Waals surface area contributed by atoms with E-state index in [1.807, 2.05) is 0 Å². The number of carbonyl (C=O) groups excluding carboxylic acids is 1. The number of carbonyl (C=O) groups is 1. The molecular formula is C17H18FN5O. The third-order valence-electron chi connectivity index (χ3n) is 3.18. The zero-order valence-corrected chi connectivity index (χ0v) is 13.2. The molecule has 24 heavy (non-hydrogen) atoms. The summed E-state index contributed by atoms with van der Waals surface area (Å²) in [6.45, 7) is 1.77. The third kappa shape index (κ3) is 5.20. The van der Waals surface area contributed by atoms with Gasteiger partial charge in [-0.3, -0.25) is 4.79 Å². The molecule has 0 spiro atoms. The number of amides is 1. The van der Waals surface area contributed by atoms with Gasteiger partial charge in [-0.25, -0.2) is 4.39 Å². The van der Waals surface area contributed by atoms with Gasteiger partial charge >= 0.3 is 0 Å². The summed E-state index contributed by atoms with van der Waals surface area (Å²) < 4.78 is 12.8. The second kappa shape index (κ2) is 7.87. The number of hydrogen-bond donors (Lipinski definition) is 3. The van der Waals surface area contributed by atoms with E-state index in [2.05, 4.69) is 15.5 Å². The molecule has 2 aromatic rings. The Balaban J connectivity index is 1.98. The number of benzene rings is 2. The Morgan fingerprint density at radius 2 is 1.67 bits per heavy atom. The van der Waals surface area contributed by atoms with Crippen LogP contribution in [0.25, 0.3) is 0 Å². The highest BCUT2D eigenvalue weighted by Gasteiger charge is 2.05. The Hall–Kier alpha value is -3.22. The largest absolute Gasteiger partial charge is 0.369 e. The quantitative estimate of drug-likeness (QED) is 0.444. The van der Waals surface area contributed by atoms with Crippen LogP contribution in [-0.4, -0.2) is 17.6 Å². The molecule has 0 unspecified atom stereocenters. The number of halogens is 1. The lowest BCUT2D eigenvalue weighted by molar-refractivity contribution is -0.115.